The van der Waals surface area contributed by atoms with Crippen LogP contribution in [0, 0.1) is 0 Å². The van der Waals surface area contributed by atoms with E-state index < -0.39 is 5.25 Å². The van der Waals surface area contributed by atoms with Crippen LogP contribution in [0.1, 0.15) is 6.42 Å². The van der Waals surface area contributed by atoms with Crippen LogP contribution in [0.25, 0.3) is 5.69 Å². The zero-order valence-electron chi connectivity index (χ0n) is 13.8. The smallest absolute Gasteiger partial charge is 0.238 e. The molecule has 1 aromatic heterocycles. The molecule has 2 N–H and O–H groups in total. The van der Waals surface area contributed by atoms with Gasteiger partial charge in [0, 0.05) is 29.4 Å². The molecule has 2 amide bonds. The fourth-order valence-electron chi connectivity index (χ4n) is 2.76. The molecule has 0 fully saturated rings. The van der Waals surface area contributed by atoms with Crippen LogP contribution in [0.15, 0.2) is 71.9 Å². The van der Waals surface area contributed by atoms with Crippen molar-refractivity contribution >= 4 is 35.0 Å². The number of thioether (sulfide) groups is 1. The van der Waals surface area contributed by atoms with E-state index in [1.54, 1.807) is 10.9 Å². The maximum Gasteiger partial charge on any atom is 0.238 e. The molecule has 26 heavy (non-hydrogen) atoms. The number of carbonyl (C=O) groups excluding carboxylic acids is 2. The molecule has 1 atom stereocenters. The van der Waals surface area contributed by atoms with Gasteiger partial charge in [-0.05, 0) is 36.4 Å². The van der Waals surface area contributed by atoms with Gasteiger partial charge in [0.1, 0.15) is 0 Å². The topological polar surface area (TPSA) is 76.0 Å². The van der Waals surface area contributed by atoms with Crippen LogP contribution < -0.4 is 10.6 Å². The van der Waals surface area contributed by atoms with E-state index >= 15 is 0 Å². The quantitative estimate of drug-likeness (QED) is 0.745. The molecule has 3 aromatic rings. The summed E-state index contributed by atoms with van der Waals surface area (Å²) in [6.45, 7) is 0. The largest absolute Gasteiger partial charge is 0.326 e. The molecule has 0 bridgehead atoms. The molecule has 2 heterocycles. The van der Waals surface area contributed by atoms with Crippen LogP contribution in [-0.4, -0.2) is 26.8 Å². The molecule has 4 rings (SSSR count). The van der Waals surface area contributed by atoms with Gasteiger partial charge < -0.3 is 10.6 Å². The molecule has 130 valence electrons. The van der Waals surface area contributed by atoms with Crippen LogP contribution in [0.2, 0.25) is 0 Å². The Hall–Kier alpha value is -3.06. The van der Waals surface area contributed by atoms with Crippen LogP contribution in [0.4, 0.5) is 11.4 Å². The Morgan fingerprint density at radius 3 is 2.92 bits per heavy atom. The summed E-state index contributed by atoms with van der Waals surface area (Å²) in [5.74, 6) is -0.344. The summed E-state index contributed by atoms with van der Waals surface area (Å²) >= 11 is 1.42. The number of hydrogen-bond acceptors (Lipinski definition) is 4. The molecule has 0 saturated heterocycles. The average Bonchev–Trinajstić information content (AvgIpc) is 3.17. The van der Waals surface area contributed by atoms with Crippen molar-refractivity contribution in [3.63, 3.8) is 0 Å². The van der Waals surface area contributed by atoms with Crippen LogP contribution in [0.5, 0.6) is 0 Å². The first-order chi connectivity index (χ1) is 12.7. The maximum atomic E-state index is 12.4. The number of nitrogens with one attached hydrogen (secondary N) is 2. The Morgan fingerprint density at radius 1 is 1.19 bits per heavy atom. The molecule has 1 unspecified atom stereocenters. The Labute approximate surface area is 154 Å². The number of aromatic nitrogens is 2. The van der Waals surface area contributed by atoms with E-state index in [0.29, 0.717) is 5.69 Å². The van der Waals surface area contributed by atoms with E-state index in [1.807, 2.05) is 60.8 Å². The standard InChI is InChI=1S/C19H16N4O2S/c24-18(12-17-19(25)22-15-7-1-2-8-16(15)26-17)21-13-5-3-6-14(11-13)23-10-4-9-20-23/h1-11,17H,12H2,(H,21,24)(H,22,25). The van der Waals surface area contributed by atoms with Crippen molar-refractivity contribution in [1.82, 2.24) is 9.78 Å². The predicted molar refractivity (Wildman–Crippen MR) is 102 cm³/mol. The number of nitrogens with zero attached hydrogens (tertiary/aromatic N) is 2. The van der Waals surface area contributed by atoms with Gasteiger partial charge in [0.15, 0.2) is 0 Å². The lowest BCUT2D eigenvalue weighted by molar-refractivity contribution is -0.120. The van der Waals surface area contributed by atoms with E-state index in [2.05, 4.69) is 15.7 Å². The van der Waals surface area contributed by atoms with Crippen molar-refractivity contribution in [2.24, 2.45) is 0 Å². The number of hydrogen-bond donors (Lipinski definition) is 2. The SMILES string of the molecule is O=C(CC1Sc2ccccc2NC1=O)Nc1cccc(-n2cccn2)c1. The van der Waals surface area contributed by atoms with Crippen molar-refractivity contribution in [1.29, 1.82) is 0 Å². The highest BCUT2D eigenvalue weighted by molar-refractivity contribution is 8.01. The van der Waals surface area contributed by atoms with Crippen LogP contribution in [-0.2, 0) is 9.59 Å². The number of para-hydroxylation sites is 1. The summed E-state index contributed by atoms with van der Waals surface area (Å²) in [6, 6.07) is 16.8. The molecule has 1 aliphatic rings. The van der Waals surface area contributed by atoms with Gasteiger partial charge in [-0.2, -0.15) is 5.10 Å². The number of anilines is 2. The third-order valence-corrected chi connectivity index (χ3v) is 5.25. The van der Waals surface area contributed by atoms with E-state index in [-0.39, 0.29) is 18.2 Å². The molecule has 0 radical (unpaired) electrons. The Balaban J connectivity index is 1.43. The maximum absolute atomic E-state index is 12.4. The predicted octanol–water partition coefficient (Wildman–Crippen LogP) is 3.31. The molecule has 0 aliphatic carbocycles. The van der Waals surface area contributed by atoms with Gasteiger partial charge in [0.25, 0.3) is 0 Å². The Morgan fingerprint density at radius 2 is 2.08 bits per heavy atom. The van der Waals surface area contributed by atoms with E-state index in [1.165, 1.54) is 11.8 Å². The number of fused-ring (bicyclic) bond motifs is 1. The number of rotatable bonds is 4. The monoisotopic (exact) mass is 364 g/mol. The summed E-state index contributed by atoms with van der Waals surface area (Å²) in [5, 5.41) is 9.45. The van der Waals surface area contributed by atoms with Gasteiger partial charge in [0.2, 0.25) is 11.8 Å². The van der Waals surface area contributed by atoms with Crippen molar-refractivity contribution in [2.75, 3.05) is 10.6 Å². The van der Waals surface area contributed by atoms with Gasteiger partial charge >= 0.3 is 0 Å². The summed E-state index contributed by atoms with van der Waals surface area (Å²) < 4.78 is 1.72. The zero-order valence-corrected chi connectivity index (χ0v) is 14.6. The molecular weight excluding hydrogens is 348 g/mol. The normalized spacial score (nSPS) is 15.8. The van der Waals surface area contributed by atoms with Crippen molar-refractivity contribution in [3.8, 4) is 5.69 Å². The first-order valence-electron chi connectivity index (χ1n) is 8.15. The fourth-order valence-corrected chi connectivity index (χ4v) is 3.87. The molecule has 2 aromatic carbocycles. The third-order valence-electron chi connectivity index (χ3n) is 3.98. The zero-order chi connectivity index (χ0) is 17.9. The van der Waals surface area contributed by atoms with Crippen LogP contribution >= 0.6 is 11.8 Å². The molecule has 6 nitrogen and oxygen atoms in total. The van der Waals surface area contributed by atoms with Gasteiger partial charge in [0.05, 0.1) is 16.6 Å². The van der Waals surface area contributed by atoms with E-state index in [4.69, 9.17) is 0 Å². The summed E-state index contributed by atoms with van der Waals surface area (Å²) in [5.41, 5.74) is 2.32. The first kappa shape index (κ1) is 16.4. The molecule has 0 saturated carbocycles. The second-order valence-electron chi connectivity index (χ2n) is 5.85. The third kappa shape index (κ3) is 3.48. The lowest BCUT2D eigenvalue weighted by Gasteiger charge is -2.23. The lowest BCUT2D eigenvalue weighted by atomic mass is 10.2. The summed E-state index contributed by atoms with van der Waals surface area (Å²) in [7, 11) is 0. The molecule has 7 heteroatoms. The van der Waals surface area contributed by atoms with Crippen molar-refractivity contribution in [2.45, 2.75) is 16.6 Å². The Kier molecular flexibility index (Phi) is 4.45. The number of amides is 2. The Bertz CT molecular complexity index is 956. The molecular formula is C19H16N4O2S. The van der Waals surface area contributed by atoms with E-state index in [9.17, 15) is 9.59 Å². The van der Waals surface area contributed by atoms with Gasteiger partial charge in [-0.25, -0.2) is 4.68 Å². The highest BCUT2D eigenvalue weighted by atomic mass is 32.2. The highest BCUT2D eigenvalue weighted by Gasteiger charge is 2.28. The second kappa shape index (κ2) is 7.05. The molecule has 1 aliphatic heterocycles. The van der Waals surface area contributed by atoms with Crippen molar-refractivity contribution < 1.29 is 9.59 Å². The van der Waals surface area contributed by atoms with Gasteiger partial charge in [-0.1, -0.05) is 18.2 Å². The first-order valence-corrected chi connectivity index (χ1v) is 9.03. The summed E-state index contributed by atoms with van der Waals surface area (Å²) in [6.07, 6.45) is 3.64. The minimum atomic E-state index is -0.445. The second-order valence-corrected chi connectivity index (χ2v) is 7.09. The fraction of sp³-hybridized carbons (Fsp3) is 0.105. The molecule has 0 spiro atoms. The minimum Gasteiger partial charge on any atom is -0.326 e. The van der Waals surface area contributed by atoms with Crippen molar-refractivity contribution in [3.05, 3.63) is 67.0 Å². The van der Waals surface area contributed by atoms with E-state index in [0.717, 1.165) is 16.3 Å². The number of carbonyl (C=O) groups is 2. The lowest BCUT2D eigenvalue weighted by Crippen LogP contribution is -2.32. The van der Waals surface area contributed by atoms with Crippen LogP contribution in [0.3, 0.4) is 0 Å². The minimum absolute atomic E-state index is 0.108. The number of benzene rings is 2. The highest BCUT2D eigenvalue weighted by Crippen LogP contribution is 2.36. The average molecular weight is 364 g/mol. The van der Waals surface area contributed by atoms with Gasteiger partial charge in [-0.15, -0.1) is 11.8 Å². The summed E-state index contributed by atoms with van der Waals surface area (Å²) in [4.78, 5) is 25.6. The van der Waals surface area contributed by atoms with Gasteiger partial charge in [-0.3, -0.25) is 9.59 Å².